The van der Waals surface area contributed by atoms with Crippen LogP contribution in [0.15, 0.2) is 17.9 Å². The summed E-state index contributed by atoms with van der Waals surface area (Å²) in [5.74, 6) is 1.46. The topological polar surface area (TPSA) is 71.0 Å². The third-order valence-electron chi connectivity index (χ3n) is 4.95. The molecule has 2 aromatic rings. The number of hydrogen-bond acceptors (Lipinski definition) is 6. The number of rotatable bonds is 4. The van der Waals surface area contributed by atoms with Crippen molar-refractivity contribution in [2.75, 3.05) is 18.0 Å². The number of aryl methyl sites for hydroxylation is 1. The summed E-state index contributed by atoms with van der Waals surface area (Å²) in [5.41, 5.74) is 3.63. The molecule has 24 heavy (non-hydrogen) atoms. The van der Waals surface area contributed by atoms with Crippen LogP contribution >= 0.6 is 11.3 Å². The van der Waals surface area contributed by atoms with Gasteiger partial charge in [0.15, 0.2) is 0 Å². The minimum absolute atomic E-state index is 0.00102. The fourth-order valence-electron chi connectivity index (χ4n) is 3.45. The lowest BCUT2D eigenvalue weighted by molar-refractivity contribution is 0.0911. The molecule has 1 aliphatic carbocycles. The van der Waals surface area contributed by atoms with Crippen LogP contribution in [-0.2, 0) is 0 Å². The van der Waals surface area contributed by atoms with Gasteiger partial charge in [-0.25, -0.2) is 15.0 Å². The monoisotopic (exact) mass is 343 g/mol. The Labute approximate surface area is 145 Å². The molecule has 0 spiro atoms. The Morgan fingerprint density at radius 2 is 2.04 bits per heavy atom. The van der Waals surface area contributed by atoms with Crippen LogP contribution in [0.5, 0.6) is 0 Å². The molecule has 4 rings (SSSR count). The van der Waals surface area contributed by atoms with Crippen LogP contribution in [0.3, 0.4) is 0 Å². The van der Waals surface area contributed by atoms with Crippen molar-refractivity contribution in [3.05, 3.63) is 34.2 Å². The van der Waals surface area contributed by atoms with Gasteiger partial charge in [-0.2, -0.15) is 0 Å². The molecule has 1 saturated heterocycles. The Hall–Kier alpha value is -2.02. The van der Waals surface area contributed by atoms with Gasteiger partial charge in [0, 0.05) is 36.8 Å². The summed E-state index contributed by atoms with van der Waals surface area (Å²) in [6, 6.07) is 2.36. The maximum Gasteiger partial charge on any atom is 0.263 e. The molecular weight excluding hydrogens is 322 g/mol. The number of carbonyl (C=O) groups excluding carboxylic acids is 1. The van der Waals surface area contributed by atoms with E-state index in [1.54, 1.807) is 11.8 Å². The number of amides is 1. The fraction of sp³-hybridized carbons (Fsp3) is 0.529. The van der Waals surface area contributed by atoms with E-state index in [0.717, 1.165) is 48.0 Å². The van der Waals surface area contributed by atoms with Crippen LogP contribution in [0.1, 0.15) is 52.7 Å². The maximum absolute atomic E-state index is 12.2. The summed E-state index contributed by atoms with van der Waals surface area (Å²) in [7, 11) is 0. The first-order chi connectivity index (χ1) is 11.7. The molecule has 0 unspecified atom stereocenters. The molecule has 2 aromatic heterocycles. The molecule has 6 nitrogen and oxygen atoms in total. The van der Waals surface area contributed by atoms with E-state index in [2.05, 4.69) is 31.2 Å². The van der Waals surface area contributed by atoms with Crippen molar-refractivity contribution in [3.63, 3.8) is 0 Å². The third kappa shape index (κ3) is 3.00. The average Bonchev–Trinajstić information content (AvgIpc) is 3.21. The zero-order valence-corrected chi connectivity index (χ0v) is 14.6. The summed E-state index contributed by atoms with van der Waals surface area (Å²) in [6.07, 6.45) is 6.05. The first-order valence-electron chi connectivity index (χ1n) is 8.48. The van der Waals surface area contributed by atoms with Gasteiger partial charge in [0.1, 0.15) is 17.0 Å². The lowest BCUT2D eigenvalue weighted by Gasteiger charge is -2.35. The van der Waals surface area contributed by atoms with Crippen molar-refractivity contribution in [2.45, 2.75) is 44.6 Å². The van der Waals surface area contributed by atoms with Gasteiger partial charge in [0.2, 0.25) is 0 Å². The Morgan fingerprint density at radius 3 is 2.75 bits per heavy atom. The highest BCUT2D eigenvalue weighted by Crippen LogP contribution is 2.37. The lowest BCUT2D eigenvalue weighted by atomic mass is 9.78. The minimum atomic E-state index is -0.00102. The largest absolute Gasteiger partial charge is 0.357 e. The van der Waals surface area contributed by atoms with Crippen molar-refractivity contribution in [1.82, 2.24) is 20.3 Å². The molecule has 2 fully saturated rings. The summed E-state index contributed by atoms with van der Waals surface area (Å²) >= 11 is 1.40. The van der Waals surface area contributed by atoms with Gasteiger partial charge >= 0.3 is 0 Å². The van der Waals surface area contributed by atoms with Crippen molar-refractivity contribution in [1.29, 1.82) is 0 Å². The van der Waals surface area contributed by atoms with Gasteiger partial charge in [-0.15, -0.1) is 11.3 Å². The van der Waals surface area contributed by atoms with E-state index in [4.69, 9.17) is 0 Å². The lowest BCUT2D eigenvalue weighted by Crippen LogP contribution is -2.43. The normalized spacial score (nSPS) is 23.1. The summed E-state index contributed by atoms with van der Waals surface area (Å²) in [6.45, 7) is 4.05. The van der Waals surface area contributed by atoms with Crippen LogP contribution in [0.4, 0.5) is 5.82 Å². The van der Waals surface area contributed by atoms with E-state index < -0.39 is 0 Å². The van der Waals surface area contributed by atoms with Gasteiger partial charge in [-0.1, -0.05) is 0 Å². The van der Waals surface area contributed by atoms with E-state index in [-0.39, 0.29) is 11.9 Å². The molecule has 2 aliphatic rings. The van der Waals surface area contributed by atoms with E-state index in [1.807, 2.05) is 6.92 Å². The molecule has 1 N–H and O–H groups in total. The number of carbonyl (C=O) groups is 1. The van der Waals surface area contributed by atoms with Crippen LogP contribution < -0.4 is 10.2 Å². The fourth-order valence-corrected chi connectivity index (χ4v) is 4.16. The molecule has 7 heteroatoms. The summed E-state index contributed by atoms with van der Waals surface area (Å²) in [4.78, 5) is 28.3. The SMILES string of the molecule is Cc1ncsc1C(=O)NC1CC(c2cc(N3CCCC3)ncn2)C1. The second kappa shape index (κ2) is 6.47. The third-order valence-corrected chi connectivity index (χ3v) is 5.87. The second-order valence-corrected chi connectivity index (χ2v) is 7.46. The van der Waals surface area contributed by atoms with Crippen molar-refractivity contribution in [2.24, 2.45) is 0 Å². The van der Waals surface area contributed by atoms with E-state index in [9.17, 15) is 4.79 Å². The Balaban J connectivity index is 1.35. The molecule has 1 aliphatic heterocycles. The van der Waals surface area contributed by atoms with Crippen LogP contribution in [-0.4, -0.2) is 40.0 Å². The smallest absolute Gasteiger partial charge is 0.263 e. The zero-order chi connectivity index (χ0) is 16.5. The highest BCUT2D eigenvalue weighted by Gasteiger charge is 2.33. The second-order valence-electron chi connectivity index (χ2n) is 6.60. The molecule has 0 atom stereocenters. The molecular formula is C17H21N5OS. The van der Waals surface area contributed by atoms with E-state index in [1.165, 1.54) is 24.2 Å². The number of nitrogens with one attached hydrogen (secondary N) is 1. The number of nitrogens with zero attached hydrogens (tertiary/aromatic N) is 4. The Morgan fingerprint density at radius 1 is 1.25 bits per heavy atom. The standard InChI is InChI=1S/C17H21N5OS/c1-11-16(24-10-20-11)17(23)21-13-6-12(7-13)14-8-15(19-9-18-14)22-4-2-3-5-22/h8-10,12-13H,2-7H2,1H3,(H,21,23). The molecule has 3 heterocycles. The quantitative estimate of drug-likeness (QED) is 0.924. The van der Waals surface area contributed by atoms with Crippen molar-refractivity contribution in [3.8, 4) is 0 Å². The number of anilines is 1. The highest BCUT2D eigenvalue weighted by atomic mass is 32.1. The van der Waals surface area contributed by atoms with Crippen LogP contribution in [0.2, 0.25) is 0 Å². The van der Waals surface area contributed by atoms with Gasteiger partial charge < -0.3 is 10.2 Å². The average molecular weight is 343 g/mol. The summed E-state index contributed by atoms with van der Waals surface area (Å²) < 4.78 is 0. The number of aromatic nitrogens is 3. The maximum atomic E-state index is 12.2. The molecule has 1 amide bonds. The Bertz CT molecular complexity index is 734. The predicted octanol–water partition coefficient (Wildman–Crippen LogP) is 2.52. The van der Waals surface area contributed by atoms with Gasteiger partial charge in [-0.05, 0) is 32.6 Å². The Kier molecular flexibility index (Phi) is 4.18. The zero-order valence-electron chi connectivity index (χ0n) is 13.7. The number of hydrogen-bond donors (Lipinski definition) is 1. The summed E-state index contributed by atoms with van der Waals surface area (Å²) in [5, 5.41) is 3.11. The van der Waals surface area contributed by atoms with Crippen LogP contribution in [0, 0.1) is 6.92 Å². The molecule has 0 radical (unpaired) electrons. The van der Waals surface area contributed by atoms with Crippen LogP contribution in [0.25, 0.3) is 0 Å². The molecule has 126 valence electrons. The highest BCUT2D eigenvalue weighted by molar-refractivity contribution is 7.11. The number of thiazole rings is 1. The van der Waals surface area contributed by atoms with Gasteiger partial charge in [-0.3, -0.25) is 4.79 Å². The first-order valence-corrected chi connectivity index (χ1v) is 9.36. The first kappa shape index (κ1) is 15.5. The molecule has 0 bridgehead atoms. The van der Waals surface area contributed by atoms with Gasteiger partial charge in [0.25, 0.3) is 5.91 Å². The van der Waals surface area contributed by atoms with Crippen molar-refractivity contribution < 1.29 is 4.79 Å². The van der Waals surface area contributed by atoms with Gasteiger partial charge in [0.05, 0.1) is 11.2 Å². The predicted molar refractivity (Wildman–Crippen MR) is 93.6 cm³/mol. The van der Waals surface area contributed by atoms with Crippen molar-refractivity contribution >= 4 is 23.1 Å². The molecule has 1 saturated carbocycles. The van der Waals surface area contributed by atoms with E-state index >= 15 is 0 Å². The molecule has 0 aromatic carbocycles. The van der Waals surface area contributed by atoms with E-state index in [0.29, 0.717) is 5.92 Å². The minimum Gasteiger partial charge on any atom is -0.357 e.